The highest BCUT2D eigenvalue weighted by molar-refractivity contribution is 5.38. The van der Waals surface area contributed by atoms with Gasteiger partial charge in [-0.1, -0.05) is 36.4 Å². The second-order valence-electron chi connectivity index (χ2n) is 5.96. The van der Waals surface area contributed by atoms with E-state index in [1.165, 1.54) is 30.5 Å². The fourth-order valence-corrected chi connectivity index (χ4v) is 3.07. The molecule has 0 saturated carbocycles. The number of likely N-dealkylation sites (tertiary alicyclic amines) is 1. The molecule has 0 spiro atoms. The molecule has 0 N–H and O–H groups in total. The molecule has 3 nitrogen and oxygen atoms in total. The first-order chi connectivity index (χ1) is 10.2. The van der Waals surface area contributed by atoms with Crippen molar-refractivity contribution in [2.45, 2.75) is 25.4 Å². The van der Waals surface area contributed by atoms with Crippen molar-refractivity contribution >= 4 is 5.82 Å². The maximum atomic E-state index is 4.56. The summed E-state index contributed by atoms with van der Waals surface area (Å²) in [7, 11) is 4.05. The van der Waals surface area contributed by atoms with Crippen molar-refractivity contribution in [1.29, 1.82) is 0 Å². The molecule has 21 heavy (non-hydrogen) atoms. The molecule has 2 heterocycles. The molecule has 2 aromatic rings. The molecule has 3 heteroatoms. The lowest BCUT2D eigenvalue weighted by Crippen LogP contribution is -2.23. The molecule has 1 atom stereocenters. The summed E-state index contributed by atoms with van der Waals surface area (Å²) in [6.45, 7) is 2.20. The average Bonchev–Trinajstić information content (AvgIpc) is 2.96. The number of aromatic nitrogens is 1. The first kappa shape index (κ1) is 14.1. The lowest BCUT2D eigenvalue weighted by atomic mass is 10.1. The van der Waals surface area contributed by atoms with E-state index < -0.39 is 0 Å². The van der Waals surface area contributed by atoms with Crippen LogP contribution in [0.5, 0.6) is 0 Å². The van der Waals surface area contributed by atoms with Gasteiger partial charge in [0, 0.05) is 32.9 Å². The molecule has 110 valence electrons. The fourth-order valence-electron chi connectivity index (χ4n) is 3.07. The van der Waals surface area contributed by atoms with Crippen molar-refractivity contribution in [2.75, 3.05) is 25.5 Å². The third-order valence-corrected chi connectivity index (χ3v) is 4.21. The van der Waals surface area contributed by atoms with Crippen LogP contribution in [0.3, 0.4) is 0 Å². The van der Waals surface area contributed by atoms with Crippen molar-refractivity contribution in [1.82, 2.24) is 9.88 Å². The summed E-state index contributed by atoms with van der Waals surface area (Å²) in [5, 5.41) is 0. The van der Waals surface area contributed by atoms with Gasteiger partial charge in [0.05, 0.1) is 0 Å². The SMILES string of the molecule is CN(C)c1ccc([C@@H]2CCCN2Cc2ccccc2)cn1. The van der Waals surface area contributed by atoms with Gasteiger partial charge in [0.25, 0.3) is 0 Å². The Balaban J connectivity index is 1.74. The van der Waals surface area contributed by atoms with Crippen molar-refractivity contribution in [3.8, 4) is 0 Å². The lowest BCUT2D eigenvalue weighted by Gasteiger charge is -2.25. The minimum atomic E-state index is 0.508. The third-order valence-electron chi connectivity index (χ3n) is 4.21. The predicted molar refractivity (Wildman–Crippen MR) is 87.4 cm³/mol. The Kier molecular flexibility index (Phi) is 4.20. The molecule has 0 unspecified atom stereocenters. The zero-order valence-corrected chi connectivity index (χ0v) is 12.9. The Morgan fingerprint density at radius 1 is 1.14 bits per heavy atom. The highest BCUT2D eigenvalue weighted by Crippen LogP contribution is 2.33. The van der Waals surface area contributed by atoms with Crippen LogP contribution in [0, 0.1) is 0 Å². The lowest BCUT2D eigenvalue weighted by molar-refractivity contribution is 0.248. The monoisotopic (exact) mass is 281 g/mol. The molecule has 1 aromatic carbocycles. The van der Waals surface area contributed by atoms with Gasteiger partial charge < -0.3 is 4.90 Å². The number of benzene rings is 1. The first-order valence-electron chi connectivity index (χ1n) is 7.65. The number of hydrogen-bond donors (Lipinski definition) is 0. The van der Waals surface area contributed by atoms with Crippen LogP contribution in [0.25, 0.3) is 0 Å². The Morgan fingerprint density at radius 2 is 1.95 bits per heavy atom. The molecule has 0 radical (unpaired) electrons. The number of pyridine rings is 1. The van der Waals surface area contributed by atoms with Gasteiger partial charge >= 0.3 is 0 Å². The zero-order valence-electron chi connectivity index (χ0n) is 12.9. The number of anilines is 1. The van der Waals surface area contributed by atoms with Crippen LogP contribution in [-0.2, 0) is 6.54 Å². The van der Waals surface area contributed by atoms with Crippen molar-refractivity contribution < 1.29 is 0 Å². The highest BCUT2D eigenvalue weighted by atomic mass is 15.2. The van der Waals surface area contributed by atoms with E-state index in [2.05, 4.69) is 52.3 Å². The first-order valence-corrected chi connectivity index (χ1v) is 7.65. The quantitative estimate of drug-likeness (QED) is 0.855. The second-order valence-corrected chi connectivity index (χ2v) is 5.96. The van der Waals surface area contributed by atoms with E-state index in [0.29, 0.717) is 6.04 Å². The standard InChI is InChI=1S/C18H23N3/c1-20(2)18-11-10-16(13-19-18)17-9-6-12-21(17)14-15-7-4-3-5-8-15/h3-5,7-8,10-11,13,17H,6,9,12,14H2,1-2H3/t17-/m0/s1. The van der Waals surface area contributed by atoms with Gasteiger partial charge in [0.2, 0.25) is 0 Å². The molecule has 0 aliphatic carbocycles. The summed E-state index contributed by atoms with van der Waals surface area (Å²) < 4.78 is 0. The van der Waals surface area contributed by atoms with E-state index in [4.69, 9.17) is 0 Å². The molecular formula is C18H23N3. The Hall–Kier alpha value is -1.87. The Morgan fingerprint density at radius 3 is 2.62 bits per heavy atom. The minimum Gasteiger partial charge on any atom is -0.363 e. The fraction of sp³-hybridized carbons (Fsp3) is 0.389. The van der Waals surface area contributed by atoms with Crippen molar-refractivity contribution in [3.63, 3.8) is 0 Å². The predicted octanol–water partition coefficient (Wildman–Crippen LogP) is 3.48. The second kappa shape index (κ2) is 6.27. The van der Waals surface area contributed by atoms with Gasteiger partial charge in [-0.15, -0.1) is 0 Å². The van der Waals surface area contributed by atoms with E-state index >= 15 is 0 Å². The molecule has 1 aliphatic rings. The van der Waals surface area contributed by atoms with Crippen LogP contribution in [0.15, 0.2) is 48.7 Å². The van der Waals surface area contributed by atoms with E-state index in [9.17, 15) is 0 Å². The van der Waals surface area contributed by atoms with Gasteiger partial charge in [0.15, 0.2) is 0 Å². The molecule has 1 aliphatic heterocycles. The number of hydrogen-bond acceptors (Lipinski definition) is 3. The van der Waals surface area contributed by atoms with Crippen molar-refractivity contribution in [3.05, 3.63) is 59.8 Å². The van der Waals surface area contributed by atoms with Gasteiger partial charge in [0.1, 0.15) is 5.82 Å². The summed E-state index contributed by atoms with van der Waals surface area (Å²) in [6.07, 6.45) is 4.55. The van der Waals surface area contributed by atoms with Gasteiger partial charge in [-0.2, -0.15) is 0 Å². The number of rotatable bonds is 4. The normalized spacial score (nSPS) is 18.9. The minimum absolute atomic E-state index is 0.508. The summed E-state index contributed by atoms with van der Waals surface area (Å²) in [6, 6.07) is 15.6. The van der Waals surface area contributed by atoms with Crippen LogP contribution in [-0.4, -0.2) is 30.5 Å². The third kappa shape index (κ3) is 3.24. The smallest absolute Gasteiger partial charge is 0.127 e. The summed E-state index contributed by atoms with van der Waals surface area (Å²) in [4.78, 5) is 9.18. The van der Waals surface area contributed by atoms with Crippen LogP contribution in [0.1, 0.15) is 30.0 Å². The van der Waals surface area contributed by atoms with Crippen LogP contribution in [0.4, 0.5) is 5.82 Å². The van der Waals surface area contributed by atoms with E-state index in [1.807, 2.05) is 25.2 Å². The Labute approximate surface area is 127 Å². The van der Waals surface area contributed by atoms with Gasteiger partial charge in [-0.05, 0) is 36.6 Å². The topological polar surface area (TPSA) is 19.4 Å². The van der Waals surface area contributed by atoms with E-state index in [0.717, 1.165) is 12.4 Å². The zero-order chi connectivity index (χ0) is 14.7. The van der Waals surface area contributed by atoms with E-state index in [1.54, 1.807) is 0 Å². The summed E-state index contributed by atoms with van der Waals surface area (Å²) in [5.41, 5.74) is 2.73. The maximum Gasteiger partial charge on any atom is 0.127 e. The highest BCUT2D eigenvalue weighted by Gasteiger charge is 2.26. The maximum absolute atomic E-state index is 4.56. The van der Waals surface area contributed by atoms with Crippen molar-refractivity contribution in [2.24, 2.45) is 0 Å². The molecular weight excluding hydrogens is 258 g/mol. The number of nitrogens with zero attached hydrogens (tertiary/aromatic N) is 3. The molecule has 1 saturated heterocycles. The molecule has 0 amide bonds. The Bertz CT molecular complexity index is 563. The average molecular weight is 281 g/mol. The molecule has 3 rings (SSSR count). The molecule has 1 aromatic heterocycles. The largest absolute Gasteiger partial charge is 0.363 e. The van der Waals surface area contributed by atoms with Crippen LogP contribution < -0.4 is 4.90 Å². The summed E-state index contributed by atoms with van der Waals surface area (Å²) >= 11 is 0. The van der Waals surface area contributed by atoms with E-state index in [-0.39, 0.29) is 0 Å². The van der Waals surface area contributed by atoms with Gasteiger partial charge in [-0.25, -0.2) is 4.98 Å². The summed E-state index contributed by atoms with van der Waals surface area (Å²) in [5.74, 6) is 1.02. The molecule has 0 bridgehead atoms. The molecule has 1 fully saturated rings. The van der Waals surface area contributed by atoms with Gasteiger partial charge in [-0.3, -0.25) is 4.90 Å². The van der Waals surface area contributed by atoms with Crippen LogP contribution >= 0.6 is 0 Å². The van der Waals surface area contributed by atoms with Crippen LogP contribution in [0.2, 0.25) is 0 Å².